The molecule has 0 bridgehead atoms. The van der Waals surface area contributed by atoms with Crippen molar-refractivity contribution in [1.82, 2.24) is 13.8 Å². The maximum Gasteiger partial charge on any atom is 0.243 e. The molecule has 174 valence electrons. The molecule has 0 saturated heterocycles. The third-order valence-corrected chi connectivity index (χ3v) is 8.15. The Labute approximate surface area is 195 Å². The van der Waals surface area contributed by atoms with Crippen molar-refractivity contribution in [1.29, 1.82) is 0 Å². The summed E-state index contributed by atoms with van der Waals surface area (Å²) in [4.78, 5) is 15.3. The fourth-order valence-corrected chi connectivity index (χ4v) is 5.88. The van der Waals surface area contributed by atoms with E-state index in [-0.39, 0.29) is 23.4 Å². The summed E-state index contributed by atoms with van der Waals surface area (Å²) in [5.41, 5.74) is 2.90. The largest absolute Gasteiger partial charge is 0.348 e. The van der Waals surface area contributed by atoms with Gasteiger partial charge < -0.3 is 9.88 Å². The average molecular weight is 467 g/mol. The summed E-state index contributed by atoms with van der Waals surface area (Å²) in [6.45, 7) is 6.29. The molecule has 7 nitrogen and oxygen atoms in total. The van der Waals surface area contributed by atoms with Crippen molar-refractivity contribution in [3.63, 3.8) is 0 Å². The van der Waals surface area contributed by atoms with Gasteiger partial charge in [0.2, 0.25) is 15.9 Å². The van der Waals surface area contributed by atoms with Crippen LogP contribution in [0.3, 0.4) is 0 Å². The van der Waals surface area contributed by atoms with Crippen LogP contribution in [0.1, 0.15) is 31.1 Å². The molecule has 1 unspecified atom stereocenters. The van der Waals surface area contributed by atoms with E-state index in [2.05, 4.69) is 39.2 Å². The van der Waals surface area contributed by atoms with Gasteiger partial charge in [-0.25, -0.2) is 8.42 Å². The Morgan fingerprint density at radius 2 is 1.67 bits per heavy atom. The number of carbonyl (C=O) groups excluding carboxylic acids is 1. The monoisotopic (exact) mass is 466 g/mol. The second-order valence-corrected chi connectivity index (χ2v) is 10.0. The second-order valence-electron chi connectivity index (χ2n) is 8.07. The lowest BCUT2D eigenvalue weighted by molar-refractivity contribution is -0.117. The Morgan fingerprint density at radius 3 is 2.33 bits per heavy atom. The first-order chi connectivity index (χ1) is 15.9. The van der Waals surface area contributed by atoms with Crippen molar-refractivity contribution < 1.29 is 13.2 Å². The summed E-state index contributed by atoms with van der Waals surface area (Å²) in [7, 11) is -3.52. The van der Waals surface area contributed by atoms with Gasteiger partial charge in [0.15, 0.2) is 0 Å². The molecule has 1 aromatic heterocycles. The highest BCUT2D eigenvalue weighted by molar-refractivity contribution is 7.89. The summed E-state index contributed by atoms with van der Waals surface area (Å²) in [6, 6.07) is 20.7. The van der Waals surface area contributed by atoms with Gasteiger partial charge in [-0.1, -0.05) is 44.2 Å². The molecule has 0 saturated carbocycles. The van der Waals surface area contributed by atoms with Crippen molar-refractivity contribution >= 4 is 21.6 Å². The predicted octanol–water partition coefficient (Wildman–Crippen LogP) is 3.56. The molecule has 3 aromatic rings. The molecule has 0 radical (unpaired) electrons. The molecule has 0 spiro atoms. The molecule has 0 aliphatic carbocycles. The number of anilines is 1. The predicted molar refractivity (Wildman–Crippen MR) is 129 cm³/mol. The van der Waals surface area contributed by atoms with Crippen molar-refractivity contribution in [3.8, 4) is 0 Å². The molecule has 1 aliphatic rings. The van der Waals surface area contributed by atoms with Gasteiger partial charge in [-0.2, -0.15) is 4.31 Å². The SMILES string of the molecule is CCN(CC)S(=O)(=O)c1ccc(NC(=O)CN2CCn3cccc3C2c2ccccc2)cc1. The molecule has 1 aliphatic heterocycles. The summed E-state index contributed by atoms with van der Waals surface area (Å²) in [5, 5.41) is 2.92. The molecule has 8 heteroatoms. The van der Waals surface area contributed by atoms with Crippen LogP contribution in [0.4, 0.5) is 5.69 Å². The highest BCUT2D eigenvalue weighted by Gasteiger charge is 2.30. The number of hydrogen-bond donors (Lipinski definition) is 1. The van der Waals surface area contributed by atoms with Gasteiger partial charge in [-0.05, 0) is 42.0 Å². The van der Waals surface area contributed by atoms with Crippen LogP contribution in [-0.4, -0.2) is 54.3 Å². The van der Waals surface area contributed by atoms with Crippen LogP contribution in [0.5, 0.6) is 0 Å². The molecular weight excluding hydrogens is 436 g/mol. The van der Waals surface area contributed by atoms with E-state index in [4.69, 9.17) is 0 Å². The Bertz CT molecular complexity index is 1190. The molecule has 1 atom stereocenters. The van der Waals surface area contributed by atoms with Crippen LogP contribution >= 0.6 is 0 Å². The van der Waals surface area contributed by atoms with Crippen molar-refractivity contribution in [2.24, 2.45) is 0 Å². The van der Waals surface area contributed by atoms with Crippen LogP contribution < -0.4 is 5.32 Å². The third-order valence-electron chi connectivity index (χ3n) is 6.08. The zero-order valence-electron chi connectivity index (χ0n) is 19.0. The maximum absolute atomic E-state index is 12.9. The van der Waals surface area contributed by atoms with Crippen LogP contribution in [0, 0.1) is 0 Å². The molecule has 1 N–H and O–H groups in total. The van der Waals surface area contributed by atoms with E-state index in [1.54, 1.807) is 24.3 Å². The Kier molecular flexibility index (Phi) is 6.97. The van der Waals surface area contributed by atoms with Crippen LogP contribution in [-0.2, 0) is 21.4 Å². The fraction of sp³-hybridized carbons (Fsp3) is 0.320. The number of rotatable bonds is 8. The highest BCUT2D eigenvalue weighted by Crippen LogP contribution is 2.32. The Morgan fingerprint density at radius 1 is 0.970 bits per heavy atom. The minimum atomic E-state index is -3.52. The second kappa shape index (κ2) is 9.91. The zero-order chi connectivity index (χ0) is 23.4. The standard InChI is InChI=1S/C25H30N4O3S/c1-3-29(4-2)33(31,32)22-14-12-21(13-15-22)26-24(30)19-28-18-17-27-16-8-11-23(27)25(28)20-9-6-5-7-10-20/h5-16,25H,3-4,17-19H2,1-2H3,(H,26,30). The minimum absolute atomic E-state index is 0.00212. The lowest BCUT2D eigenvalue weighted by atomic mass is 10.00. The number of carbonyl (C=O) groups is 1. The number of amides is 1. The molecule has 4 rings (SSSR count). The topological polar surface area (TPSA) is 74.7 Å². The van der Waals surface area contributed by atoms with Gasteiger partial charge in [0, 0.05) is 43.8 Å². The van der Waals surface area contributed by atoms with E-state index in [0.29, 0.717) is 18.8 Å². The van der Waals surface area contributed by atoms with Gasteiger partial charge in [-0.15, -0.1) is 0 Å². The number of nitrogens with zero attached hydrogens (tertiary/aromatic N) is 3. The number of fused-ring (bicyclic) bond motifs is 1. The number of hydrogen-bond acceptors (Lipinski definition) is 4. The third kappa shape index (κ3) is 4.88. The molecule has 0 fully saturated rings. The molecule has 2 aromatic carbocycles. The van der Waals surface area contributed by atoms with Crippen molar-refractivity contribution in [2.45, 2.75) is 31.3 Å². The zero-order valence-corrected chi connectivity index (χ0v) is 19.8. The summed E-state index contributed by atoms with van der Waals surface area (Å²) >= 11 is 0. The first-order valence-electron chi connectivity index (χ1n) is 11.3. The van der Waals surface area contributed by atoms with E-state index < -0.39 is 10.0 Å². The van der Waals surface area contributed by atoms with E-state index in [9.17, 15) is 13.2 Å². The number of nitrogens with one attached hydrogen (secondary N) is 1. The van der Waals surface area contributed by atoms with Gasteiger partial charge in [0.25, 0.3) is 0 Å². The average Bonchev–Trinajstić information content (AvgIpc) is 3.29. The van der Waals surface area contributed by atoms with Crippen LogP contribution in [0.2, 0.25) is 0 Å². The van der Waals surface area contributed by atoms with E-state index in [1.807, 2.05) is 38.1 Å². The quantitative estimate of drug-likeness (QED) is 0.551. The van der Waals surface area contributed by atoms with Crippen LogP contribution in [0.25, 0.3) is 0 Å². The summed E-state index contributed by atoms with van der Waals surface area (Å²) in [6.07, 6.45) is 2.08. The summed E-state index contributed by atoms with van der Waals surface area (Å²) in [5.74, 6) is -0.129. The van der Waals surface area contributed by atoms with Crippen LogP contribution in [0.15, 0.2) is 77.8 Å². The summed E-state index contributed by atoms with van der Waals surface area (Å²) < 4.78 is 29.0. The maximum atomic E-state index is 12.9. The van der Waals surface area contributed by atoms with E-state index >= 15 is 0 Å². The first-order valence-corrected chi connectivity index (χ1v) is 12.7. The molecule has 2 heterocycles. The smallest absolute Gasteiger partial charge is 0.243 e. The lowest BCUT2D eigenvalue weighted by Crippen LogP contribution is -2.42. The number of aromatic nitrogens is 1. The Balaban J connectivity index is 1.47. The lowest BCUT2D eigenvalue weighted by Gasteiger charge is -2.36. The molecule has 1 amide bonds. The van der Waals surface area contributed by atoms with Gasteiger partial charge in [0.05, 0.1) is 17.5 Å². The number of benzene rings is 2. The molecular formula is C25H30N4O3S. The fourth-order valence-electron chi connectivity index (χ4n) is 4.43. The van der Waals surface area contributed by atoms with Crippen molar-refractivity contribution in [3.05, 3.63) is 84.2 Å². The molecule has 33 heavy (non-hydrogen) atoms. The minimum Gasteiger partial charge on any atom is -0.348 e. The normalized spacial score (nSPS) is 16.5. The highest BCUT2D eigenvalue weighted by atomic mass is 32.2. The first kappa shape index (κ1) is 23.2. The Hall–Kier alpha value is -2.94. The van der Waals surface area contributed by atoms with E-state index in [0.717, 1.165) is 18.7 Å². The number of sulfonamides is 1. The van der Waals surface area contributed by atoms with Gasteiger partial charge >= 0.3 is 0 Å². The van der Waals surface area contributed by atoms with E-state index in [1.165, 1.54) is 10.00 Å². The van der Waals surface area contributed by atoms with Crippen molar-refractivity contribution in [2.75, 3.05) is 31.5 Å². The van der Waals surface area contributed by atoms with Gasteiger partial charge in [0.1, 0.15) is 0 Å². The van der Waals surface area contributed by atoms with Gasteiger partial charge in [-0.3, -0.25) is 9.69 Å².